The molecule has 2 heterocycles. The first-order valence-corrected chi connectivity index (χ1v) is 8.60. The summed E-state index contributed by atoms with van der Waals surface area (Å²) >= 11 is 7.20. The number of carbonyl (C=O) groups excluding carboxylic acids is 1. The molecule has 2 N–H and O–H groups in total. The van der Waals surface area contributed by atoms with E-state index in [9.17, 15) is 13.2 Å². The second-order valence-electron chi connectivity index (χ2n) is 3.99. The fourth-order valence-electron chi connectivity index (χ4n) is 1.38. The van der Waals surface area contributed by atoms with E-state index in [1.165, 1.54) is 11.3 Å². The van der Waals surface area contributed by atoms with Crippen molar-refractivity contribution in [1.29, 1.82) is 0 Å². The van der Waals surface area contributed by atoms with Crippen LogP contribution in [0.2, 0.25) is 4.34 Å². The van der Waals surface area contributed by atoms with Gasteiger partial charge in [0, 0.05) is 17.6 Å². The third kappa shape index (κ3) is 4.02. The zero-order chi connectivity index (χ0) is 14.8. The van der Waals surface area contributed by atoms with E-state index >= 15 is 0 Å². The number of anilines is 1. The summed E-state index contributed by atoms with van der Waals surface area (Å²) in [5, 5.41) is 8.01. The number of halogens is 1. The number of aromatic amines is 1. The van der Waals surface area contributed by atoms with Gasteiger partial charge in [0.2, 0.25) is 26.8 Å². The standard InChI is InChI=1S/C10H11ClN4O3S2/c1-20(17,18)10-13-9(14-15-10)12-8(16)5-3-6-2-4-7(11)19-6/h2,4H,3,5H2,1H3,(H2,12,13,14,15,16). The first-order valence-electron chi connectivity index (χ1n) is 5.51. The summed E-state index contributed by atoms with van der Waals surface area (Å²) in [6.07, 6.45) is 1.78. The Labute approximate surface area is 124 Å². The van der Waals surface area contributed by atoms with Crippen molar-refractivity contribution in [1.82, 2.24) is 15.2 Å². The Balaban J connectivity index is 1.90. The van der Waals surface area contributed by atoms with E-state index in [0.717, 1.165) is 11.1 Å². The lowest BCUT2D eigenvalue weighted by Crippen LogP contribution is -2.13. The van der Waals surface area contributed by atoms with Crippen LogP contribution in [-0.4, -0.2) is 35.8 Å². The molecule has 2 aromatic heterocycles. The van der Waals surface area contributed by atoms with Crippen LogP contribution >= 0.6 is 22.9 Å². The van der Waals surface area contributed by atoms with Crippen molar-refractivity contribution in [2.45, 2.75) is 18.0 Å². The summed E-state index contributed by atoms with van der Waals surface area (Å²) in [5.74, 6) is -0.354. The van der Waals surface area contributed by atoms with Gasteiger partial charge in [-0.1, -0.05) is 11.6 Å². The predicted molar refractivity (Wildman–Crippen MR) is 75.8 cm³/mol. The van der Waals surface area contributed by atoms with Gasteiger partial charge >= 0.3 is 0 Å². The fraction of sp³-hybridized carbons (Fsp3) is 0.300. The second kappa shape index (κ2) is 5.90. The molecule has 10 heteroatoms. The average Bonchev–Trinajstić information content (AvgIpc) is 2.95. The van der Waals surface area contributed by atoms with E-state index < -0.39 is 9.84 Å². The van der Waals surface area contributed by atoms with Gasteiger partial charge < -0.3 is 0 Å². The molecule has 0 aliphatic rings. The molecule has 0 bridgehead atoms. The molecule has 0 spiro atoms. The molecule has 0 atom stereocenters. The molecule has 0 aliphatic heterocycles. The Morgan fingerprint density at radius 2 is 2.25 bits per heavy atom. The number of amides is 1. The Bertz CT molecular complexity index is 722. The first kappa shape index (κ1) is 14.9. The van der Waals surface area contributed by atoms with Crippen LogP contribution in [-0.2, 0) is 21.1 Å². The van der Waals surface area contributed by atoms with E-state index in [1.807, 2.05) is 6.07 Å². The number of carbonyl (C=O) groups is 1. The topological polar surface area (TPSA) is 105 Å². The maximum atomic E-state index is 11.7. The van der Waals surface area contributed by atoms with Crippen molar-refractivity contribution >= 4 is 44.6 Å². The molecule has 0 saturated carbocycles. The summed E-state index contributed by atoms with van der Waals surface area (Å²) in [4.78, 5) is 16.3. The highest BCUT2D eigenvalue weighted by atomic mass is 35.5. The maximum Gasteiger partial charge on any atom is 0.249 e. The zero-order valence-corrected chi connectivity index (χ0v) is 12.8. The minimum Gasteiger partial charge on any atom is -0.293 e. The molecule has 1 amide bonds. The van der Waals surface area contributed by atoms with Gasteiger partial charge in [-0.15, -0.1) is 16.4 Å². The molecule has 0 unspecified atom stereocenters. The molecule has 0 aromatic carbocycles. The minimum atomic E-state index is -3.46. The number of sulfone groups is 1. The largest absolute Gasteiger partial charge is 0.293 e. The fourth-order valence-corrected chi connectivity index (χ4v) is 2.93. The summed E-state index contributed by atoms with van der Waals surface area (Å²) in [6, 6.07) is 3.63. The van der Waals surface area contributed by atoms with Crippen molar-refractivity contribution in [3.63, 3.8) is 0 Å². The highest BCUT2D eigenvalue weighted by Crippen LogP contribution is 2.22. The lowest BCUT2D eigenvalue weighted by molar-refractivity contribution is -0.116. The van der Waals surface area contributed by atoms with Crippen LogP contribution in [0, 0.1) is 0 Å². The third-order valence-corrected chi connectivity index (χ3v) is 4.47. The van der Waals surface area contributed by atoms with Gasteiger partial charge in [-0.3, -0.25) is 10.1 Å². The maximum absolute atomic E-state index is 11.7. The zero-order valence-electron chi connectivity index (χ0n) is 10.4. The lowest BCUT2D eigenvalue weighted by atomic mass is 10.2. The van der Waals surface area contributed by atoms with E-state index in [1.54, 1.807) is 6.07 Å². The third-order valence-electron chi connectivity index (χ3n) is 2.29. The number of thiophene rings is 1. The van der Waals surface area contributed by atoms with Gasteiger partial charge in [-0.05, 0) is 18.6 Å². The van der Waals surface area contributed by atoms with Gasteiger partial charge in [-0.2, -0.15) is 4.98 Å². The summed E-state index contributed by atoms with van der Waals surface area (Å²) in [6.45, 7) is 0. The normalized spacial score (nSPS) is 11.5. The van der Waals surface area contributed by atoms with E-state index in [4.69, 9.17) is 11.6 Å². The van der Waals surface area contributed by atoms with Crippen molar-refractivity contribution in [3.8, 4) is 0 Å². The number of nitrogens with zero attached hydrogens (tertiary/aromatic N) is 2. The number of H-pyrrole nitrogens is 1. The molecule has 2 rings (SSSR count). The highest BCUT2D eigenvalue weighted by molar-refractivity contribution is 7.90. The Hall–Kier alpha value is -1.45. The second-order valence-corrected chi connectivity index (χ2v) is 7.72. The van der Waals surface area contributed by atoms with Crippen LogP contribution in [0.1, 0.15) is 11.3 Å². The number of nitrogens with one attached hydrogen (secondary N) is 2. The number of hydrogen-bond donors (Lipinski definition) is 2. The van der Waals surface area contributed by atoms with Crippen LogP contribution in [0.3, 0.4) is 0 Å². The van der Waals surface area contributed by atoms with Crippen molar-refractivity contribution in [2.75, 3.05) is 11.6 Å². The van der Waals surface area contributed by atoms with Gasteiger partial charge in [0.1, 0.15) is 0 Å². The first-order chi connectivity index (χ1) is 9.34. The van der Waals surface area contributed by atoms with Crippen LogP contribution in [0.25, 0.3) is 0 Å². The van der Waals surface area contributed by atoms with Crippen molar-refractivity contribution < 1.29 is 13.2 Å². The smallest absolute Gasteiger partial charge is 0.249 e. The van der Waals surface area contributed by atoms with Gasteiger partial charge in [0.25, 0.3) is 0 Å². The highest BCUT2D eigenvalue weighted by Gasteiger charge is 2.14. The van der Waals surface area contributed by atoms with E-state index in [2.05, 4.69) is 20.5 Å². The molecule has 0 aliphatic carbocycles. The SMILES string of the molecule is CS(=O)(=O)c1nc(NC(=O)CCc2ccc(Cl)s2)n[nH]1. The Kier molecular flexibility index (Phi) is 4.41. The molecule has 0 fully saturated rings. The molecular weight excluding hydrogens is 324 g/mol. The molecule has 2 aromatic rings. The van der Waals surface area contributed by atoms with Gasteiger partial charge in [0.15, 0.2) is 0 Å². The Morgan fingerprint density at radius 3 is 2.80 bits per heavy atom. The summed E-state index contributed by atoms with van der Waals surface area (Å²) in [7, 11) is -3.46. The summed E-state index contributed by atoms with van der Waals surface area (Å²) < 4.78 is 23.0. The number of aryl methyl sites for hydroxylation is 1. The number of rotatable bonds is 5. The molecule has 0 saturated heterocycles. The number of hydrogen-bond acceptors (Lipinski definition) is 6. The molecule has 0 radical (unpaired) electrons. The monoisotopic (exact) mass is 334 g/mol. The lowest BCUT2D eigenvalue weighted by Gasteiger charge is -1.99. The van der Waals surface area contributed by atoms with Crippen LogP contribution in [0.5, 0.6) is 0 Å². The molecule has 20 heavy (non-hydrogen) atoms. The van der Waals surface area contributed by atoms with Crippen molar-refractivity contribution in [2.24, 2.45) is 0 Å². The molecule has 108 valence electrons. The van der Waals surface area contributed by atoms with E-state index in [-0.39, 0.29) is 23.4 Å². The quantitative estimate of drug-likeness (QED) is 0.862. The van der Waals surface area contributed by atoms with Crippen LogP contribution in [0.15, 0.2) is 17.3 Å². The van der Waals surface area contributed by atoms with Crippen molar-refractivity contribution in [3.05, 3.63) is 21.3 Å². The molecule has 7 nitrogen and oxygen atoms in total. The molecular formula is C10H11ClN4O3S2. The van der Waals surface area contributed by atoms with Crippen LogP contribution < -0.4 is 5.32 Å². The Morgan fingerprint density at radius 1 is 1.50 bits per heavy atom. The van der Waals surface area contributed by atoms with E-state index in [0.29, 0.717) is 10.8 Å². The van der Waals surface area contributed by atoms with Gasteiger partial charge in [0.05, 0.1) is 4.34 Å². The van der Waals surface area contributed by atoms with Crippen LogP contribution in [0.4, 0.5) is 5.95 Å². The van der Waals surface area contributed by atoms with Gasteiger partial charge in [-0.25, -0.2) is 13.5 Å². The number of aromatic nitrogens is 3. The predicted octanol–water partition coefficient (Wildman–Crippen LogP) is 1.49. The average molecular weight is 335 g/mol. The minimum absolute atomic E-state index is 0.0559. The summed E-state index contributed by atoms with van der Waals surface area (Å²) in [5.41, 5.74) is 0.